The van der Waals surface area contributed by atoms with Crippen molar-refractivity contribution in [3.8, 4) is 0 Å². The summed E-state index contributed by atoms with van der Waals surface area (Å²) in [6, 6.07) is 6.01. The lowest BCUT2D eigenvalue weighted by Gasteiger charge is -2.12. The SMILES string of the molecule is CN(C)c1ncc(CNCCc2ccccn2)n1C. The average molecular weight is 259 g/mol. The van der Waals surface area contributed by atoms with Crippen LogP contribution in [0.25, 0.3) is 0 Å². The van der Waals surface area contributed by atoms with E-state index in [1.165, 1.54) is 5.69 Å². The normalized spacial score (nSPS) is 10.7. The number of pyridine rings is 1. The molecule has 0 spiro atoms. The summed E-state index contributed by atoms with van der Waals surface area (Å²) in [6.45, 7) is 1.74. The average Bonchev–Trinajstić information content (AvgIpc) is 2.77. The van der Waals surface area contributed by atoms with E-state index < -0.39 is 0 Å². The third-order valence-electron chi connectivity index (χ3n) is 3.05. The first-order valence-corrected chi connectivity index (χ1v) is 6.47. The van der Waals surface area contributed by atoms with Crippen LogP contribution in [0, 0.1) is 0 Å². The van der Waals surface area contributed by atoms with Crippen molar-refractivity contribution in [2.45, 2.75) is 13.0 Å². The van der Waals surface area contributed by atoms with Gasteiger partial charge in [-0.2, -0.15) is 0 Å². The minimum atomic E-state index is 0.824. The molecule has 1 N–H and O–H groups in total. The quantitative estimate of drug-likeness (QED) is 0.792. The number of hydrogen-bond acceptors (Lipinski definition) is 4. The highest BCUT2D eigenvalue weighted by Gasteiger charge is 2.07. The summed E-state index contributed by atoms with van der Waals surface area (Å²) < 4.78 is 2.10. The first kappa shape index (κ1) is 13.5. The second-order valence-corrected chi connectivity index (χ2v) is 4.75. The molecular formula is C14H21N5. The maximum absolute atomic E-state index is 4.39. The van der Waals surface area contributed by atoms with E-state index >= 15 is 0 Å². The summed E-state index contributed by atoms with van der Waals surface area (Å²) in [5.74, 6) is 0.974. The van der Waals surface area contributed by atoms with Gasteiger partial charge in [-0.25, -0.2) is 4.98 Å². The molecule has 0 radical (unpaired) electrons. The van der Waals surface area contributed by atoms with Gasteiger partial charge in [0.1, 0.15) is 0 Å². The van der Waals surface area contributed by atoms with Gasteiger partial charge < -0.3 is 14.8 Å². The molecule has 0 amide bonds. The molecule has 5 nitrogen and oxygen atoms in total. The van der Waals surface area contributed by atoms with E-state index in [1.54, 1.807) is 0 Å². The monoisotopic (exact) mass is 259 g/mol. The van der Waals surface area contributed by atoms with Crippen molar-refractivity contribution < 1.29 is 0 Å². The molecule has 2 rings (SSSR count). The summed E-state index contributed by atoms with van der Waals surface area (Å²) in [6.07, 6.45) is 4.70. The van der Waals surface area contributed by atoms with E-state index in [0.717, 1.165) is 31.2 Å². The molecule has 0 atom stereocenters. The molecule has 0 aromatic carbocycles. The van der Waals surface area contributed by atoms with Gasteiger partial charge in [0, 0.05) is 52.5 Å². The van der Waals surface area contributed by atoms with Gasteiger partial charge in [0.05, 0.1) is 11.9 Å². The molecule has 0 unspecified atom stereocenters. The zero-order valence-corrected chi connectivity index (χ0v) is 11.8. The van der Waals surface area contributed by atoms with Gasteiger partial charge in [-0.1, -0.05) is 6.07 Å². The van der Waals surface area contributed by atoms with Crippen LogP contribution in [0.15, 0.2) is 30.6 Å². The number of imidazole rings is 1. The smallest absolute Gasteiger partial charge is 0.204 e. The topological polar surface area (TPSA) is 46.0 Å². The predicted octanol–water partition coefficient (Wildman–Crippen LogP) is 1.21. The molecule has 0 saturated heterocycles. The first-order chi connectivity index (χ1) is 9.18. The van der Waals surface area contributed by atoms with Crippen LogP contribution in [-0.4, -0.2) is 35.2 Å². The van der Waals surface area contributed by atoms with Crippen molar-refractivity contribution in [2.75, 3.05) is 25.5 Å². The van der Waals surface area contributed by atoms with Crippen molar-refractivity contribution in [1.29, 1.82) is 0 Å². The Hall–Kier alpha value is -1.88. The number of nitrogens with zero attached hydrogens (tertiary/aromatic N) is 4. The Balaban J connectivity index is 1.80. The van der Waals surface area contributed by atoms with Crippen molar-refractivity contribution in [2.24, 2.45) is 7.05 Å². The fourth-order valence-corrected chi connectivity index (χ4v) is 1.99. The van der Waals surface area contributed by atoms with E-state index in [9.17, 15) is 0 Å². The molecule has 0 aliphatic rings. The highest BCUT2D eigenvalue weighted by atomic mass is 15.3. The summed E-state index contributed by atoms with van der Waals surface area (Å²) in [4.78, 5) is 10.7. The lowest BCUT2D eigenvalue weighted by Crippen LogP contribution is -2.20. The Labute approximate surface area is 114 Å². The van der Waals surface area contributed by atoms with Crippen molar-refractivity contribution in [3.63, 3.8) is 0 Å². The Morgan fingerprint density at radius 2 is 2.11 bits per heavy atom. The van der Waals surface area contributed by atoms with Crippen LogP contribution in [0.3, 0.4) is 0 Å². The highest BCUT2D eigenvalue weighted by molar-refractivity contribution is 5.30. The van der Waals surface area contributed by atoms with Crippen molar-refractivity contribution in [1.82, 2.24) is 19.9 Å². The van der Waals surface area contributed by atoms with E-state index in [1.807, 2.05) is 50.6 Å². The van der Waals surface area contributed by atoms with Gasteiger partial charge in [0.15, 0.2) is 0 Å². The molecule has 5 heteroatoms. The molecule has 2 aromatic rings. The molecule has 2 aromatic heterocycles. The van der Waals surface area contributed by atoms with Crippen LogP contribution in [0.4, 0.5) is 5.95 Å². The van der Waals surface area contributed by atoms with Gasteiger partial charge in [0.2, 0.25) is 5.95 Å². The van der Waals surface area contributed by atoms with E-state index in [2.05, 4.69) is 25.9 Å². The summed E-state index contributed by atoms with van der Waals surface area (Å²) in [5, 5.41) is 3.42. The zero-order valence-electron chi connectivity index (χ0n) is 11.8. The molecule has 0 saturated carbocycles. The molecule has 0 bridgehead atoms. The Morgan fingerprint density at radius 3 is 2.74 bits per heavy atom. The molecule has 0 aliphatic heterocycles. The maximum Gasteiger partial charge on any atom is 0.204 e. The first-order valence-electron chi connectivity index (χ1n) is 6.47. The Morgan fingerprint density at radius 1 is 1.26 bits per heavy atom. The highest BCUT2D eigenvalue weighted by Crippen LogP contribution is 2.10. The van der Waals surface area contributed by atoms with E-state index in [4.69, 9.17) is 0 Å². The minimum Gasteiger partial charge on any atom is -0.348 e. The van der Waals surface area contributed by atoms with Gasteiger partial charge in [-0.3, -0.25) is 4.98 Å². The number of anilines is 1. The summed E-state index contributed by atoms with van der Waals surface area (Å²) in [5.41, 5.74) is 2.30. The van der Waals surface area contributed by atoms with Crippen LogP contribution in [0.2, 0.25) is 0 Å². The number of hydrogen-bond donors (Lipinski definition) is 1. The predicted molar refractivity (Wildman–Crippen MR) is 77.2 cm³/mol. The second kappa shape index (κ2) is 6.33. The Kier molecular flexibility index (Phi) is 4.52. The molecule has 102 valence electrons. The van der Waals surface area contributed by atoms with Crippen LogP contribution in [0.5, 0.6) is 0 Å². The van der Waals surface area contributed by atoms with Gasteiger partial charge in [0.25, 0.3) is 0 Å². The Bertz CT molecular complexity index is 504. The number of aromatic nitrogens is 3. The molecular weight excluding hydrogens is 238 g/mol. The van der Waals surface area contributed by atoms with Gasteiger partial charge >= 0.3 is 0 Å². The fraction of sp³-hybridized carbons (Fsp3) is 0.429. The maximum atomic E-state index is 4.39. The number of rotatable bonds is 6. The van der Waals surface area contributed by atoms with Crippen molar-refractivity contribution >= 4 is 5.95 Å². The van der Waals surface area contributed by atoms with Gasteiger partial charge in [-0.15, -0.1) is 0 Å². The van der Waals surface area contributed by atoms with Crippen LogP contribution >= 0.6 is 0 Å². The van der Waals surface area contributed by atoms with Crippen LogP contribution in [-0.2, 0) is 20.0 Å². The molecule has 0 aliphatic carbocycles. The molecule has 2 heterocycles. The van der Waals surface area contributed by atoms with Crippen LogP contribution < -0.4 is 10.2 Å². The fourth-order valence-electron chi connectivity index (χ4n) is 1.99. The molecule has 0 fully saturated rings. The van der Waals surface area contributed by atoms with Crippen LogP contribution in [0.1, 0.15) is 11.4 Å². The van der Waals surface area contributed by atoms with E-state index in [0.29, 0.717) is 0 Å². The molecule has 19 heavy (non-hydrogen) atoms. The van der Waals surface area contributed by atoms with Gasteiger partial charge in [-0.05, 0) is 12.1 Å². The summed E-state index contributed by atoms with van der Waals surface area (Å²) >= 11 is 0. The largest absolute Gasteiger partial charge is 0.348 e. The third-order valence-corrected chi connectivity index (χ3v) is 3.05. The number of nitrogens with one attached hydrogen (secondary N) is 1. The zero-order chi connectivity index (χ0) is 13.7. The second-order valence-electron chi connectivity index (χ2n) is 4.75. The third kappa shape index (κ3) is 3.54. The lowest BCUT2D eigenvalue weighted by molar-refractivity contribution is 0.647. The standard InChI is InChI=1S/C14H21N5/c1-18(2)14-17-11-13(19(14)3)10-15-9-7-12-6-4-5-8-16-12/h4-6,8,11,15H,7,9-10H2,1-3H3. The minimum absolute atomic E-state index is 0.824. The van der Waals surface area contributed by atoms with Crippen molar-refractivity contribution in [3.05, 3.63) is 42.0 Å². The summed E-state index contributed by atoms with van der Waals surface area (Å²) in [7, 11) is 6.04. The lowest BCUT2D eigenvalue weighted by atomic mass is 10.3. The van der Waals surface area contributed by atoms with E-state index in [-0.39, 0.29) is 0 Å².